The molecule has 0 aromatic heterocycles. The molecule has 1 aliphatic carbocycles. The lowest BCUT2D eigenvalue weighted by atomic mass is 9.57. The average molecular weight is 511 g/mol. The van der Waals surface area contributed by atoms with Crippen molar-refractivity contribution in [2.24, 2.45) is 16.3 Å². The number of fused-ring (bicyclic) bond motifs is 1. The summed E-state index contributed by atoms with van der Waals surface area (Å²) in [7, 11) is 3.17. The number of nitrogens with zero attached hydrogens (tertiary/aromatic N) is 1. The molecule has 0 spiro atoms. The van der Waals surface area contributed by atoms with Crippen LogP contribution in [0.3, 0.4) is 0 Å². The Labute approximate surface area is 181 Å². The first kappa shape index (κ1) is 22.9. The maximum Gasteiger partial charge on any atom is 0.387 e. The number of alkyl halides is 2. The molecule has 9 heteroatoms. The van der Waals surface area contributed by atoms with Gasteiger partial charge in [0.2, 0.25) is 0 Å². The molecule has 0 radical (unpaired) electrons. The van der Waals surface area contributed by atoms with Gasteiger partial charge in [0.05, 0.1) is 13.2 Å². The smallest absolute Gasteiger partial charge is 0.387 e. The Kier molecular flexibility index (Phi) is 7.72. The van der Waals surface area contributed by atoms with Gasteiger partial charge in [0.15, 0.2) is 5.96 Å². The van der Waals surface area contributed by atoms with Crippen LogP contribution in [0.2, 0.25) is 0 Å². The molecule has 1 heterocycles. The molecular weight excluding hydrogens is 483 g/mol. The molecule has 3 unspecified atom stereocenters. The predicted molar refractivity (Wildman–Crippen MR) is 114 cm³/mol. The van der Waals surface area contributed by atoms with Crippen molar-refractivity contribution in [1.82, 2.24) is 10.6 Å². The number of hydrogen-bond donors (Lipinski definition) is 2. The van der Waals surface area contributed by atoms with E-state index in [0.29, 0.717) is 29.7 Å². The number of guanidine groups is 1. The summed E-state index contributed by atoms with van der Waals surface area (Å²) in [4.78, 5) is 4.27. The van der Waals surface area contributed by atoms with Gasteiger partial charge in [-0.05, 0) is 18.6 Å². The molecule has 1 saturated carbocycles. The Hall–Kier alpha value is -1.36. The van der Waals surface area contributed by atoms with Gasteiger partial charge in [-0.15, -0.1) is 24.0 Å². The van der Waals surface area contributed by atoms with Crippen LogP contribution < -0.4 is 20.1 Å². The van der Waals surface area contributed by atoms with Crippen LogP contribution in [0.25, 0.3) is 0 Å². The number of methoxy groups -OCH3 is 1. The lowest BCUT2D eigenvalue weighted by Gasteiger charge is -2.54. The van der Waals surface area contributed by atoms with Crippen molar-refractivity contribution in [3.63, 3.8) is 0 Å². The van der Waals surface area contributed by atoms with Gasteiger partial charge in [-0.2, -0.15) is 8.78 Å². The lowest BCUT2D eigenvalue weighted by molar-refractivity contribution is -0.106. The van der Waals surface area contributed by atoms with Crippen molar-refractivity contribution >= 4 is 29.9 Å². The third-order valence-corrected chi connectivity index (χ3v) is 5.55. The monoisotopic (exact) mass is 511 g/mol. The van der Waals surface area contributed by atoms with Crippen LogP contribution in [0.5, 0.6) is 11.5 Å². The van der Waals surface area contributed by atoms with Gasteiger partial charge >= 0.3 is 6.61 Å². The molecule has 1 aliphatic heterocycles. The van der Waals surface area contributed by atoms with Crippen molar-refractivity contribution in [2.75, 3.05) is 20.8 Å². The number of nitrogens with one attached hydrogen (secondary N) is 2. The molecule has 1 saturated heterocycles. The molecule has 158 valence electrons. The summed E-state index contributed by atoms with van der Waals surface area (Å²) in [6.45, 7) is 2.56. The Morgan fingerprint density at radius 1 is 1.39 bits per heavy atom. The highest BCUT2D eigenvalue weighted by Gasteiger charge is 2.59. The van der Waals surface area contributed by atoms with E-state index < -0.39 is 6.61 Å². The lowest BCUT2D eigenvalue weighted by Crippen LogP contribution is -2.67. The number of rotatable bonds is 6. The Bertz CT molecular complexity index is 703. The van der Waals surface area contributed by atoms with Crippen LogP contribution in [0.4, 0.5) is 8.78 Å². The zero-order valence-corrected chi connectivity index (χ0v) is 18.8. The van der Waals surface area contributed by atoms with Gasteiger partial charge < -0.3 is 24.8 Å². The normalized spacial score (nSPS) is 25.4. The minimum atomic E-state index is -2.90. The SMILES string of the molecule is CN=C(NCc1ccc(OC)cc1OC(F)F)NC1C2CCOC2C1(C)C.I. The van der Waals surface area contributed by atoms with Gasteiger partial charge in [-0.25, -0.2) is 0 Å². The van der Waals surface area contributed by atoms with Crippen LogP contribution in [0, 0.1) is 11.3 Å². The fraction of sp³-hybridized carbons (Fsp3) is 0.632. The number of hydrogen-bond acceptors (Lipinski definition) is 4. The summed E-state index contributed by atoms with van der Waals surface area (Å²) in [6.07, 6.45) is 1.31. The maximum absolute atomic E-state index is 12.7. The van der Waals surface area contributed by atoms with Crippen molar-refractivity contribution < 1.29 is 23.0 Å². The van der Waals surface area contributed by atoms with Crippen LogP contribution in [0.15, 0.2) is 23.2 Å². The van der Waals surface area contributed by atoms with Gasteiger partial charge in [0.1, 0.15) is 11.5 Å². The number of aliphatic imine (C=N–C) groups is 1. The summed E-state index contributed by atoms with van der Waals surface area (Å²) in [6, 6.07) is 5.12. The molecule has 3 rings (SSSR count). The van der Waals surface area contributed by atoms with E-state index in [9.17, 15) is 8.78 Å². The second-order valence-corrected chi connectivity index (χ2v) is 7.47. The number of ether oxygens (including phenoxy) is 3. The fourth-order valence-corrected chi connectivity index (χ4v) is 4.15. The van der Waals surface area contributed by atoms with E-state index in [1.54, 1.807) is 19.2 Å². The molecule has 28 heavy (non-hydrogen) atoms. The van der Waals surface area contributed by atoms with Crippen LogP contribution in [-0.2, 0) is 11.3 Å². The number of halogens is 3. The molecule has 0 amide bonds. The van der Waals surface area contributed by atoms with E-state index in [0.717, 1.165) is 13.0 Å². The molecule has 2 N–H and O–H groups in total. The van der Waals surface area contributed by atoms with E-state index in [1.807, 2.05) is 0 Å². The standard InChI is InChI=1S/C19H27F2N3O3.HI/c1-19(2)15(13-7-8-26-16(13)19)24-18(22-3)23-10-11-5-6-12(25-4)9-14(11)27-17(20)21;/h5-6,9,13,15-17H,7-8,10H2,1-4H3,(H2,22,23,24);1H. The zero-order valence-electron chi connectivity index (χ0n) is 16.5. The molecule has 3 atom stereocenters. The van der Waals surface area contributed by atoms with Gasteiger partial charge in [0, 0.05) is 49.2 Å². The van der Waals surface area contributed by atoms with Crippen molar-refractivity contribution in [2.45, 2.75) is 45.6 Å². The topological polar surface area (TPSA) is 64.1 Å². The highest BCUT2D eigenvalue weighted by Crippen LogP contribution is 2.52. The van der Waals surface area contributed by atoms with E-state index in [-0.39, 0.29) is 47.3 Å². The Balaban J connectivity index is 0.00000280. The number of benzene rings is 1. The van der Waals surface area contributed by atoms with Crippen LogP contribution >= 0.6 is 24.0 Å². The van der Waals surface area contributed by atoms with E-state index in [1.165, 1.54) is 13.2 Å². The summed E-state index contributed by atoms with van der Waals surface area (Å²) >= 11 is 0. The summed E-state index contributed by atoms with van der Waals surface area (Å²) in [5.41, 5.74) is 0.608. The Morgan fingerprint density at radius 3 is 2.79 bits per heavy atom. The summed E-state index contributed by atoms with van der Waals surface area (Å²) < 4.78 is 40.9. The van der Waals surface area contributed by atoms with Crippen LogP contribution in [-0.4, -0.2) is 45.5 Å². The second kappa shape index (κ2) is 9.43. The molecule has 2 fully saturated rings. The van der Waals surface area contributed by atoms with Gasteiger partial charge in [0.25, 0.3) is 0 Å². The third-order valence-electron chi connectivity index (χ3n) is 5.55. The predicted octanol–water partition coefficient (Wildman–Crippen LogP) is 3.39. The second-order valence-electron chi connectivity index (χ2n) is 7.47. The van der Waals surface area contributed by atoms with E-state index in [2.05, 4.69) is 34.2 Å². The highest BCUT2D eigenvalue weighted by molar-refractivity contribution is 14.0. The fourth-order valence-electron chi connectivity index (χ4n) is 4.15. The maximum atomic E-state index is 12.7. The van der Waals surface area contributed by atoms with Crippen molar-refractivity contribution in [3.8, 4) is 11.5 Å². The first-order valence-electron chi connectivity index (χ1n) is 9.07. The molecule has 1 aromatic carbocycles. The first-order chi connectivity index (χ1) is 12.9. The zero-order chi connectivity index (χ0) is 19.6. The quantitative estimate of drug-likeness (QED) is 0.349. The molecule has 2 aliphatic rings. The average Bonchev–Trinajstić information content (AvgIpc) is 3.09. The van der Waals surface area contributed by atoms with Crippen LogP contribution in [0.1, 0.15) is 25.8 Å². The van der Waals surface area contributed by atoms with Gasteiger partial charge in [-0.1, -0.05) is 13.8 Å². The minimum Gasteiger partial charge on any atom is -0.497 e. The molecule has 0 bridgehead atoms. The highest BCUT2D eigenvalue weighted by atomic mass is 127. The molecule has 6 nitrogen and oxygen atoms in total. The largest absolute Gasteiger partial charge is 0.497 e. The molecular formula is C19H28F2IN3O3. The van der Waals surface area contributed by atoms with Crippen molar-refractivity contribution in [3.05, 3.63) is 23.8 Å². The molecule has 1 aromatic rings. The van der Waals surface area contributed by atoms with Gasteiger partial charge in [-0.3, -0.25) is 4.99 Å². The third kappa shape index (κ3) is 4.61. The summed E-state index contributed by atoms with van der Waals surface area (Å²) in [5.74, 6) is 1.63. The summed E-state index contributed by atoms with van der Waals surface area (Å²) in [5, 5.41) is 6.65. The van der Waals surface area contributed by atoms with E-state index >= 15 is 0 Å². The Morgan fingerprint density at radius 2 is 2.14 bits per heavy atom. The van der Waals surface area contributed by atoms with Crippen molar-refractivity contribution in [1.29, 1.82) is 0 Å². The minimum absolute atomic E-state index is 0. The first-order valence-corrected chi connectivity index (χ1v) is 9.07. The van der Waals surface area contributed by atoms with E-state index in [4.69, 9.17) is 9.47 Å².